The van der Waals surface area contributed by atoms with Crippen LogP contribution in [0.1, 0.15) is 11.4 Å². The van der Waals surface area contributed by atoms with Gasteiger partial charge in [0, 0.05) is 20.6 Å². The van der Waals surface area contributed by atoms with Crippen molar-refractivity contribution in [2.75, 3.05) is 26.3 Å². The SMILES string of the molecule is Cn1c(=O)c2c(nc(C[NH+]3CCOCC3)n2Cc2ccccc2)n(C)c1=O. The molecule has 1 saturated heterocycles. The number of hydrogen-bond donors (Lipinski definition) is 1. The lowest BCUT2D eigenvalue weighted by Gasteiger charge is -2.23. The van der Waals surface area contributed by atoms with Gasteiger partial charge in [-0.1, -0.05) is 30.3 Å². The molecule has 0 unspecified atom stereocenters. The average molecular weight is 370 g/mol. The highest BCUT2D eigenvalue weighted by atomic mass is 16.5. The Hall–Kier alpha value is -2.71. The summed E-state index contributed by atoms with van der Waals surface area (Å²) in [6.45, 7) is 4.52. The molecular formula is C19H24N5O3+. The zero-order chi connectivity index (χ0) is 19.0. The van der Waals surface area contributed by atoms with Crippen molar-refractivity contribution in [2.45, 2.75) is 13.1 Å². The fourth-order valence-corrected chi connectivity index (χ4v) is 3.62. The first-order valence-electron chi connectivity index (χ1n) is 9.16. The van der Waals surface area contributed by atoms with Crippen LogP contribution in [0.5, 0.6) is 0 Å². The molecule has 4 rings (SSSR count). The molecular weight excluding hydrogens is 346 g/mol. The van der Waals surface area contributed by atoms with Crippen molar-refractivity contribution in [3.8, 4) is 0 Å². The first kappa shape index (κ1) is 17.7. The van der Waals surface area contributed by atoms with Gasteiger partial charge in [-0.15, -0.1) is 0 Å². The Morgan fingerprint density at radius 2 is 1.78 bits per heavy atom. The molecule has 3 heterocycles. The van der Waals surface area contributed by atoms with Crippen LogP contribution in [-0.4, -0.2) is 45.0 Å². The zero-order valence-electron chi connectivity index (χ0n) is 15.6. The standard InChI is InChI=1S/C19H23N5O3/c1-21-17-16(18(25)22(2)19(21)26)24(12-14-6-4-3-5-7-14)15(20-17)13-23-8-10-27-11-9-23/h3-7H,8-13H2,1-2H3/p+1. The molecule has 3 aromatic rings. The van der Waals surface area contributed by atoms with E-state index < -0.39 is 0 Å². The summed E-state index contributed by atoms with van der Waals surface area (Å²) in [6, 6.07) is 9.99. The lowest BCUT2D eigenvalue weighted by molar-refractivity contribution is -0.922. The minimum Gasteiger partial charge on any atom is -0.370 e. The number of quaternary nitrogens is 1. The molecule has 0 saturated carbocycles. The van der Waals surface area contributed by atoms with E-state index >= 15 is 0 Å². The number of rotatable bonds is 4. The van der Waals surface area contributed by atoms with Crippen molar-refractivity contribution in [1.82, 2.24) is 18.7 Å². The van der Waals surface area contributed by atoms with Crippen LogP contribution >= 0.6 is 0 Å². The highest BCUT2D eigenvalue weighted by molar-refractivity contribution is 5.71. The molecule has 142 valence electrons. The van der Waals surface area contributed by atoms with Crippen molar-refractivity contribution in [3.63, 3.8) is 0 Å². The molecule has 0 spiro atoms. The van der Waals surface area contributed by atoms with E-state index in [2.05, 4.69) is 0 Å². The summed E-state index contributed by atoms with van der Waals surface area (Å²) in [5.41, 5.74) is 1.35. The van der Waals surface area contributed by atoms with Gasteiger partial charge in [0.2, 0.25) is 0 Å². The Morgan fingerprint density at radius 1 is 1.07 bits per heavy atom. The van der Waals surface area contributed by atoms with Gasteiger partial charge in [-0.3, -0.25) is 13.9 Å². The molecule has 1 fully saturated rings. The quantitative estimate of drug-likeness (QED) is 0.633. The predicted octanol–water partition coefficient (Wildman–Crippen LogP) is -1.10. The van der Waals surface area contributed by atoms with Gasteiger partial charge in [0.15, 0.2) is 17.0 Å². The van der Waals surface area contributed by atoms with Gasteiger partial charge in [0.1, 0.15) is 19.6 Å². The molecule has 8 heteroatoms. The molecule has 0 aliphatic carbocycles. The first-order chi connectivity index (χ1) is 13.1. The van der Waals surface area contributed by atoms with Crippen LogP contribution in [0.3, 0.4) is 0 Å². The number of morpholine rings is 1. The maximum Gasteiger partial charge on any atom is 0.332 e. The van der Waals surface area contributed by atoms with Crippen LogP contribution in [0.25, 0.3) is 11.2 Å². The van der Waals surface area contributed by atoms with Crippen molar-refractivity contribution in [3.05, 3.63) is 62.6 Å². The van der Waals surface area contributed by atoms with E-state index in [9.17, 15) is 9.59 Å². The second-order valence-corrected chi connectivity index (χ2v) is 7.02. The van der Waals surface area contributed by atoms with Gasteiger partial charge in [-0.2, -0.15) is 0 Å². The van der Waals surface area contributed by atoms with Gasteiger partial charge in [0.25, 0.3) is 5.56 Å². The van der Waals surface area contributed by atoms with E-state index in [4.69, 9.17) is 9.72 Å². The molecule has 0 radical (unpaired) electrons. The number of hydrogen-bond acceptors (Lipinski definition) is 4. The summed E-state index contributed by atoms with van der Waals surface area (Å²) >= 11 is 0. The molecule has 1 aliphatic rings. The Morgan fingerprint density at radius 3 is 2.48 bits per heavy atom. The van der Waals surface area contributed by atoms with Gasteiger partial charge in [0.05, 0.1) is 13.2 Å². The minimum absolute atomic E-state index is 0.306. The third-order valence-electron chi connectivity index (χ3n) is 5.22. The fourth-order valence-electron chi connectivity index (χ4n) is 3.62. The zero-order valence-corrected chi connectivity index (χ0v) is 15.6. The highest BCUT2D eigenvalue weighted by Crippen LogP contribution is 2.14. The largest absolute Gasteiger partial charge is 0.370 e. The lowest BCUT2D eigenvalue weighted by atomic mass is 10.2. The van der Waals surface area contributed by atoms with Crippen molar-refractivity contribution in [2.24, 2.45) is 14.1 Å². The number of benzene rings is 1. The molecule has 8 nitrogen and oxygen atoms in total. The Labute approximate surface area is 156 Å². The van der Waals surface area contributed by atoms with Crippen LogP contribution in [-0.2, 0) is 31.9 Å². The van der Waals surface area contributed by atoms with Gasteiger partial charge < -0.3 is 14.2 Å². The van der Waals surface area contributed by atoms with E-state index in [1.165, 1.54) is 16.5 Å². The summed E-state index contributed by atoms with van der Waals surface area (Å²) in [6.07, 6.45) is 0. The van der Waals surface area contributed by atoms with Crippen LogP contribution in [0, 0.1) is 0 Å². The first-order valence-corrected chi connectivity index (χ1v) is 9.16. The Balaban J connectivity index is 1.88. The molecule has 0 atom stereocenters. The number of aryl methyl sites for hydroxylation is 1. The van der Waals surface area contributed by atoms with Crippen molar-refractivity contribution in [1.29, 1.82) is 0 Å². The number of fused-ring (bicyclic) bond motifs is 1. The van der Waals surface area contributed by atoms with Crippen LogP contribution in [0.15, 0.2) is 39.9 Å². The Bertz CT molecular complexity index is 1070. The molecule has 2 aromatic heterocycles. The Kier molecular flexibility index (Phi) is 4.67. The number of aromatic nitrogens is 4. The second-order valence-electron chi connectivity index (χ2n) is 7.02. The number of ether oxygens (including phenoxy) is 1. The van der Waals surface area contributed by atoms with E-state index in [1.807, 2.05) is 34.9 Å². The van der Waals surface area contributed by atoms with Gasteiger partial charge in [-0.05, 0) is 5.56 Å². The topological polar surface area (TPSA) is 75.5 Å². The normalized spacial score (nSPS) is 15.5. The predicted molar refractivity (Wildman–Crippen MR) is 101 cm³/mol. The molecule has 0 amide bonds. The number of nitrogens with one attached hydrogen (secondary N) is 1. The maximum atomic E-state index is 12.9. The summed E-state index contributed by atoms with van der Waals surface area (Å²) in [5, 5.41) is 0. The van der Waals surface area contributed by atoms with E-state index in [1.54, 1.807) is 7.05 Å². The molecule has 0 bridgehead atoms. The van der Waals surface area contributed by atoms with Crippen molar-refractivity contribution < 1.29 is 9.64 Å². The summed E-state index contributed by atoms with van der Waals surface area (Å²) in [4.78, 5) is 31.3. The van der Waals surface area contributed by atoms with Gasteiger partial charge >= 0.3 is 5.69 Å². The summed E-state index contributed by atoms with van der Waals surface area (Å²) in [7, 11) is 3.17. The van der Waals surface area contributed by atoms with Crippen LogP contribution in [0.2, 0.25) is 0 Å². The molecule has 1 N–H and O–H groups in total. The highest BCUT2D eigenvalue weighted by Gasteiger charge is 2.23. The van der Waals surface area contributed by atoms with Crippen LogP contribution in [0.4, 0.5) is 0 Å². The number of nitrogens with zero attached hydrogens (tertiary/aromatic N) is 4. The average Bonchev–Trinajstić information content (AvgIpc) is 3.04. The third kappa shape index (κ3) is 3.22. The van der Waals surface area contributed by atoms with E-state index in [0.717, 1.165) is 42.3 Å². The molecule has 1 aromatic carbocycles. The summed E-state index contributed by atoms with van der Waals surface area (Å²) in [5.74, 6) is 0.823. The van der Waals surface area contributed by atoms with Crippen LogP contribution < -0.4 is 16.1 Å². The third-order valence-corrected chi connectivity index (χ3v) is 5.22. The van der Waals surface area contributed by atoms with E-state index in [-0.39, 0.29) is 11.2 Å². The lowest BCUT2D eigenvalue weighted by Crippen LogP contribution is -3.12. The minimum atomic E-state index is -0.359. The van der Waals surface area contributed by atoms with Gasteiger partial charge in [-0.25, -0.2) is 9.78 Å². The van der Waals surface area contributed by atoms with E-state index in [0.29, 0.717) is 24.3 Å². The molecule has 1 aliphatic heterocycles. The second kappa shape index (κ2) is 7.13. The van der Waals surface area contributed by atoms with Crippen molar-refractivity contribution >= 4 is 11.2 Å². The summed E-state index contributed by atoms with van der Waals surface area (Å²) < 4.78 is 10.0. The monoisotopic (exact) mass is 370 g/mol. The smallest absolute Gasteiger partial charge is 0.332 e. The fraction of sp³-hybridized carbons (Fsp3) is 0.421. The molecule has 27 heavy (non-hydrogen) atoms. The maximum absolute atomic E-state index is 12.9. The number of imidazole rings is 1.